The van der Waals surface area contributed by atoms with Crippen LogP contribution in [0.2, 0.25) is 0 Å². The summed E-state index contributed by atoms with van der Waals surface area (Å²) in [5, 5.41) is 3.34. The highest BCUT2D eigenvalue weighted by atomic mass is 16.2. The van der Waals surface area contributed by atoms with Crippen LogP contribution in [0.3, 0.4) is 0 Å². The van der Waals surface area contributed by atoms with E-state index in [-0.39, 0.29) is 22.8 Å². The molecule has 1 amide bonds. The number of carbonyl (C=O) groups is 1. The minimum absolute atomic E-state index is 0.107. The van der Waals surface area contributed by atoms with Gasteiger partial charge in [-0.25, -0.2) is 4.98 Å². The molecule has 1 atom stereocenters. The molecule has 2 aliphatic rings. The molecule has 1 aromatic heterocycles. The molecule has 2 aliphatic heterocycles. The van der Waals surface area contributed by atoms with E-state index in [0.717, 1.165) is 57.6 Å². The number of likely N-dealkylation sites (tertiary alicyclic amines) is 1. The van der Waals surface area contributed by atoms with E-state index in [2.05, 4.69) is 22.2 Å². The predicted molar refractivity (Wildman–Crippen MR) is 83.6 cm³/mol. The van der Waals surface area contributed by atoms with Gasteiger partial charge in [-0.2, -0.15) is 0 Å². The van der Waals surface area contributed by atoms with Crippen LogP contribution >= 0.6 is 0 Å². The second kappa shape index (κ2) is 6.20. The van der Waals surface area contributed by atoms with Gasteiger partial charge in [0.2, 0.25) is 5.91 Å². The minimum Gasteiger partial charge on any atom is -0.342 e. The molecule has 22 heavy (non-hydrogen) atoms. The SMILES string of the molecule is CC1(C(=O)N2CCC(c3cc(=O)[nH]cn3)CC2)CCCNC1. The smallest absolute Gasteiger partial charge is 0.250 e. The quantitative estimate of drug-likeness (QED) is 0.850. The fourth-order valence-electron chi connectivity index (χ4n) is 3.61. The topological polar surface area (TPSA) is 78.1 Å². The Morgan fingerprint density at radius 1 is 1.41 bits per heavy atom. The van der Waals surface area contributed by atoms with Gasteiger partial charge >= 0.3 is 0 Å². The number of hydrogen-bond donors (Lipinski definition) is 2. The average Bonchev–Trinajstić information content (AvgIpc) is 2.55. The summed E-state index contributed by atoms with van der Waals surface area (Å²) in [6.45, 7) is 5.38. The zero-order valence-corrected chi connectivity index (χ0v) is 13.1. The molecule has 2 fully saturated rings. The highest BCUT2D eigenvalue weighted by molar-refractivity contribution is 5.82. The molecule has 3 heterocycles. The number of carbonyl (C=O) groups excluding carboxylic acids is 1. The van der Waals surface area contributed by atoms with Crippen LogP contribution in [0.5, 0.6) is 0 Å². The maximum Gasteiger partial charge on any atom is 0.250 e. The summed E-state index contributed by atoms with van der Waals surface area (Å²) >= 11 is 0. The molecule has 0 radical (unpaired) electrons. The zero-order valence-electron chi connectivity index (χ0n) is 13.1. The van der Waals surface area contributed by atoms with Gasteiger partial charge in [0.05, 0.1) is 17.4 Å². The molecule has 6 heteroatoms. The third-order valence-corrected chi connectivity index (χ3v) is 5.01. The van der Waals surface area contributed by atoms with Gasteiger partial charge in [-0.1, -0.05) is 0 Å². The van der Waals surface area contributed by atoms with Crippen LogP contribution in [0, 0.1) is 5.41 Å². The van der Waals surface area contributed by atoms with Crippen LogP contribution in [0.25, 0.3) is 0 Å². The van der Waals surface area contributed by atoms with Gasteiger partial charge in [0.25, 0.3) is 5.56 Å². The molecule has 1 unspecified atom stereocenters. The Morgan fingerprint density at radius 3 is 2.82 bits per heavy atom. The predicted octanol–water partition coefficient (Wildman–Crippen LogP) is 0.866. The fourth-order valence-corrected chi connectivity index (χ4v) is 3.61. The summed E-state index contributed by atoms with van der Waals surface area (Å²) < 4.78 is 0. The van der Waals surface area contributed by atoms with E-state index < -0.39 is 0 Å². The number of aromatic amines is 1. The summed E-state index contributed by atoms with van der Waals surface area (Å²) in [5.74, 6) is 0.556. The van der Waals surface area contributed by atoms with Crippen LogP contribution in [-0.4, -0.2) is 47.0 Å². The second-order valence-corrected chi connectivity index (χ2v) is 6.74. The normalized spacial score (nSPS) is 26.9. The maximum atomic E-state index is 12.8. The molecule has 0 saturated carbocycles. The third kappa shape index (κ3) is 3.06. The van der Waals surface area contributed by atoms with E-state index in [1.807, 2.05) is 4.90 Å². The second-order valence-electron chi connectivity index (χ2n) is 6.74. The Morgan fingerprint density at radius 2 is 2.18 bits per heavy atom. The monoisotopic (exact) mass is 304 g/mol. The average molecular weight is 304 g/mol. The van der Waals surface area contributed by atoms with Gasteiger partial charge < -0.3 is 15.2 Å². The van der Waals surface area contributed by atoms with Gasteiger partial charge in [0, 0.05) is 31.6 Å². The van der Waals surface area contributed by atoms with Gasteiger partial charge in [-0.15, -0.1) is 0 Å². The number of nitrogens with zero attached hydrogens (tertiary/aromatic N) is 2. The van der Waals surface area contributed by atoms with Crippen molar-refractivity contribution >= 4 is 5.91 Å². The van der Waals surface area contributed by atoms with Crippen molar-refractivity contribution in [1.29, 1.82) is 0 Å². The van der Waals surface area contributed by atoms with Crippen LogP contribution in [0.1, 0.15) is 44.2 Å². The van der Waals surface area contributed by atoms with Crippen molar-refractivity contribution in [1.82, 2.24) is 20.2 Å². The first-order chi connectivity index (χ1) is 10.6. The summed E-state index contributed by atoms with van der Waals surface area (Å²) in [4.78, 5) is 33.0. The first kappa shape index (κ1) is 15.2. The molecule has 2 saturated heterocycles. The first-order valence-corrected chi connectivity index (χ1v) is 8.13. The van der Waals surface area contributed by atoms with E-state index in [4.69, 9.17) is 0 Å². The molecule has 0 spiro atoms. The van der Waals surface area contributed by atoms with Gasteiger partial charge in [-0.05, 0) is 39.2 Å². The van der Waals surface area contributed by atoms with E-state index in [0.29, 0.717) is 0 Å². The van der Waals surface area contributed by atoms with Crippen molar-refractivity contribution in [2.24, 2.45) is 5.41 Å². The van der Waals surface area contributed by atoms with Gasteiger partial charge in [0.15, 0.2) is 0 Å². The Hall–Kier alpha value is -1.69. The number of amides is 1. The lowest BCUT2D eigenvalue weighted by Crippen LogP contribution is -2.52. The number of aromatic nitrogens is 2. The van der Waals surface area contributed by atoms with E-state index in [1.165, 1.54) is 6.33 Å². The highest BCUT2D eigenvalue weighted by Crippen LogP contribution is 2.32. The van der Waals surface area contributed by atoms with Crippen LogP contribution in [0.4, 0.5) is 0 Å². The fraction of sp³-hybridized carbons (Fsp3) is 0.688. The highest BCUT2D eigenvalue weighted by Gasteiger charge is 2.38. The largest absolute Gasteiger partial charge is 0.342 e. The van der Waals surface area contributed by atoms with Gasteiger partial charge in [-0.3, -0.25) is 9.59 Å². The lowest BCUT2D eigenvalue weighted by Gasteiger charge is -2.40. The Labute approximate surface area is 130 Å². The molecule has 0 aliphatic carbocycles. The molecule has 6 nitrogen and oxygen atoms in total. The Bertz CT molecular complexity index is 584. The number of rotatable bonds is 2. The van der Waals surface area contributed by atoms with Crippen LogP contribution in [-0.2, 0) is 4.79 Å². The lowest BCUT2D eigenvalue weighted by molar-refractivity contribution is -0.143. The van der Waals surface area contributed by atoms with Crippen molar-refractivity contribution < 1.29 is 4.79 Å². The van der Waals surface area contributed by atoms with Crippen molar-refractivity contribution in [2.75, 3.05) is 26.2 Å². The summed E-state index contributed by atoms with van der Waals surface area (Å²) in [5.41, 5.74) is 0.485. The molecule has 1 aromatic rings. The number of H-pyrrole nitrogens is 1. The summed E-state index contributed by atoms with van der Waals surface area (Å²) in [6.07, 6.45) is 5.26. The van der Waals surface area contributed by atoms with Crippen molar-refractivity contribution in [3.8, 4) is 0 Å². The molecule has 3 rings (SSSR count). The number of piperidine rings is 2. The van der Waals surface area contributed by atoms with Crippen LogP contribution < -0.4 is 10.9 Å². The standard InChI is InChI=1S/C16H24N4O2/c1-16(5-2-6-17-10-16)15(22)20-7-3-12(4-8-20)13-9-14(21)19-11-18-13/h9,11-12,17H,2-8,10H2,1H3,(H,18,19,21). The molecule has 2 N–H and O–H groups in total. The molecular formula is C16H24N4O2. The first-order valence-electron chi connectivity index (χ1n) is 8.13. The van der Waals surface area contributed by atoms with E-state index >= 15 is 0 Å². The van der Waals surface area contributed by atoms with Crippen LogP contribution in [0.15, 0.2) is 17.2 Å². The molecule has 0 aromatic carbocycles. The van der Waals surface area contributed by atoms with E-state index in [1.54, 1.807) is 6.07 Å². The van der Waals surface area contributed by atoms with E-state index in [9.17, 15) is 9.59 Å². The van der Waals surface area contributed by atoms with Crippen molar-refractivity contribution in [2.45, 2.75) is 38.5 Å². The van der Waals surface area contributed by atoms with Crippen molar-refractivity contribution in [3.63, 3.8) is 0 Å². The number of nitrogens with one attached hydrogen (secondary N) is 2. The molecular weight excluding hydrogens is 280 g/mol. The third-order valence-electron chi connectivity index (χ3n) is 5.01. The Kier molecular flexibility index (Phi) is 4.29. The summed E-state index contributed by atoms with van der Waals surface area (Å²) in [7, 11) is 0. The Balaban J connectivity index is 1.61. The minimum atomic E-state index is -0.257. The van der Waals surface area contributed by atoms with Crippen molar-refractivity contribution in [3.05, 3.63) is 28.4 Å². The molecule has 120 valence electrons. The summed E-state index contributed by atoms with van der Waals surface area (Å²) in [6, 6.07) is 1.58. The maximum absolute atomic E-state index is 12.8. The zero-order chi connectivity index (χ0) is 15.6. The number of hydrogen-bond acceptors (Lipinski definition) is 4. The van der Waals surface area contributed by atoms with Gasteiger partial charge in [0.1, 0.15) is 0 Å². The molecule has 0 bridgehead atoms. The lowest BCUT2D eigenvalue weighted by atomic mass is 9.80.